The van der Waals surface area contributed by atoms with Crippen LogP contribution in [0.3, 0.4) is 0 Å². The first kappa shape index (κ1) is 12.4. The lowest BCUT2D eigenvalue weighted by Crippen LogP contribution is -2.36. The molecule has 0 heterocycles. The first-order valence-corrected chi connectivity index (χ1v) is 6.15. The van der Waals surface area contributed by atoms with Crippen molar-refractivity contribution in [1.82, 2.24) is 5.32 Å². The summed E-state index contributed by atoms with van der Waals surface area (Å²) in [4.78, 5) is 22.3. The average molecular weight is 241 g/mol. The van der Waals surface area contributed by atoms with E-state index >= 15 is 0 Å². The van der Waals surface area contributed by atoms with Crippen molar-refractivity contribution in [2.45, 2.75) is 31.8 Å². The number of aliphatic carboxylic acids is 1. The minimum absolute atomic E-state index is 0.0751. The van der Waals surface area contributed by atoms with Crippen LogP contribution in [0.15, 0.2) is 0 Å². The van der Waals surface area contributed by atoms with Gasteiger partial charge in [-0.3, -0.25) is 9.59 Å². The number of methoxy groups -OCH3 is 1. The number of hydrogen-bond donors (Lipinski definition) is 2. The number of rotatable bonds is 6. The van der Waals surface area contributed by atoms with Crippen molar-refractivity contribution in [3.05, 3.63) is 0 Å². The molecule has 2 N–H and O–H groups in total. The highest BCUT2D eigenvalue weighted by atomic mass is 16.5. The lowest BCUT2D eigenvalue weighted by atomic mass is 10.1. The molecule has 1 amide bonds. The van der Waals surface area contributed by atoms with E-state index in [-0.39, 0.29) is 24.8 Å². The molecule has 5 nitrogen and oxygen atoms in total. The van der Waals surface area contributed by atoms with E-state index in [1.165, 1.54) is 26.4 Å². The van der Waals surface area contributed by atoms with Crippen LogP contribution in [0.1, 0.15) is 25.7 Å². The van der Waals surface area contributed by atoms with E-state index in [0.29, 0.717) is 11.8 Å². The lowest BCUT2D eigenvalue weighted by Gasteiger charge is -2.14. The number of carboxylic acid groups (broad SMARTS) is 1. The highest BCUT2D eigenvalue weighted by molar-refractivity contribution is 5.82. The summed E-state index contributed by atoms with van der Waals surface area (Å²) in [6.07, 6.45) is 3.08. The molecule has 2 fully saturated rings. The highest BCUT2D eigenvalue weighted by Gasteiger charge is 2.56. The first-order chi connectivity index (χ1) is 8.13. The second-order valence-electron chi connectivity index (χ2n) is 4.99. The van der Waals surface area contributed by atoms with Gasteiger partial charge in [-0.1, -0.05) is 6.42 Å². The summed E-state index contributed by atoms with van der Waals surface area (Å²) in [6.45, 7) is 0.289. The van der Waals surface area contributed by atoms with Gasteiger partial charge in [0.1, 0.15) is 0 Å². The molecule has 0 spiro atoms. The number of amides is 1. The van der Waals surface area contributed by atoms with Crippen LogP contribution in [-0.2, 0) is 14.3 Å². The van der Waals surface area contributed by atoms with Gasteiger partial charge in [-0.15, -0.1) is 0 Å². The van der Waals surface area contributed by atoms with Gasteiger partial charge < -0.3 is 15.2 Å². The molecule has 0 bridgehead atoms. The van der Waals surface area contributed by atoms with Gasteiger partial charge in [0.25, 0.3) is 0 Å². The maximum Gasteiger partial charge on any atom is 0.306 e. The monoisotopic (exact) mass is 241 g/mol. The summed E-state index contributed by atoms with van der Waals surface area (Å²) >= 11 is 0. The van der Waals surface area contributed by atoms with Crippen molar-refractivity contribution in [2.24, 2.45) is 17.8 Å². The SMILES string of the molecule is COC(CNC(=O)C1C2CCCC21)CC(=O)O. The molecule has 3 unspecified atom stereocenters. The zero-order valence-electron chi connectivity index (χ0n) is 10.0. The van der Waals surface area contributed by atoms with E-state index in [0.717, 1.165) is 0 Å². The van der Waals surface area contributed by atoms with Gasteiger partial charge in [0, 0.05) is 19.6 Å². The Kier molecular flexibility index (Phi) is 3.66. The van der Waals surface area contributed by atoms with E-state index in [1.54, 1.807) is 0 Å². The normalized spacial score (nSPS) is 31.7. The highest BCUT2D eigenvalue weighted by Crippen LogP contribution is 2.57. The van der Waals surface area contributed by atoms with Crippen LogP contribution in [-0.4, -0.2) is 36.7 Å². The number of nitrogens with one attached hydrogen (secondary N) is 1. The summed E-state index contributed by atoms with van der Waals surface area (Å²) in [5.74, 6) is 0.540. The van der Waals surface area contributed by atoms with E-state index < -0.39 is 12.1 Å². The molecule has 17 heavy (non-hydrogen) atoms. The van der Waals surface area contributed by atoms with Crippen molar-refractivity contribution in [3.8, 4) is 0 Å². The molecule has 0 aromatic carbocycles. The van der Waals surface area contributed by atoms with Crippen LogP contribution in [0.5, 0.6) is 0 Å². The fraction of sp³-hybridized carbons (Fsp3) is 0.833. The smallest absolute Gasteiger partial charge is 0.306 e. The third kappa shape index (κ3) is 2.77. The van der Waals surface area contributed by atoms with Gasteiger partial charge in [0.2, 0.25) is 5.91 Å². The zero-order chi connectivity index (χ0) is 12.4. The molecular formula is C12H19NO4. The minimum atomic E-state index is -0.908. The summed E-state index contributed by atoms with van der Waals surface area (Å²) in [5.41, 5.74) is 0. The van der Waals surface area contributed by atoms with Crippen LogP contribution in [0, 0.1) is 17.8 Å². The first-order valence-electron chi connectivity index (χ1n) is 6.15. The maximum absolute atomic E-state index is 11.8. The van der Waals surface area contributed by atoms with Crippen molar-refractivity contribution >= 4 is 11.9 Å². The number of fused-ring (bicyclic) bond motifs is 1. The Hall–Kier alpha value is -1.10. The molecule has 0 aromatic rings. The van der Waals surface area contributed by atoms with E-state index in [1.807, 2.05) is 0 Å². The Balaban J connectivity index is 1.70. The van der Waals surface area contributed by atoms with E-state index in [9.17, 15) is 9.59 Å². The Morgan fingerprint density at radius 3 is 2.59 bits per heavy atom. The lowest BCUT2D eigenvalue weighted by molar-refractivity contribution is -0.140. The second kappa shape index (κ2) is 5.04. The third-order valence-electron chi connectivity index (χ3n) is 3.95. The molecule has 0 aliphatic heterocycles. The van der Waals surface area contributed by atoms with E-state index in [2.05, 4.69) is 5.32 Å². The number of ether oxygens (including phenoxy) is 1. The van der Waals surface area contributed by atoms with Crippen molar-refractivity contribution in [2.75, 3.05) is 13.7 Å². The van der Waals surface area contributed by atoms with Gasteiger partial charge in [-0.05, 0) is 24.7 Å². The molecule has 5 heteroatoms. The van der Waals surface area contributed by atoms with Gasteiger partial charge in [0.15, 0.2) is 0 Å². The summed E-state index contributed by atoms with van der Waals surface area (Å²) in [5, 5.41) is 11.4. The molecule has 2 saturated carbocycles. The van der Waals surface area contributed by atoms with Crippen LogP contribution < -0.4 is 5.32 Å². The molecule has 2 rings (SSSR count). The van der Waals surface area contributed by atoms with Crippen LogP contribution in [0.25, 0.3) is 0 Å². The number of carbonyl (C=O) groups is 2. The number of carbonyl (C=O) groups excluding carboxylic acids is 1. The van der Waals surface area contributed by atoms with Crippen LogP contribution in [0.4, 0.5) is 0 Å². The predicted octanol–water partition coefficient (Wildman–Crippen LogP) is 0.638. The Morgan fingerprint density at radius 1 is 1.41 bits per heavy atom. The van der Waals surface area contributed by atoms with Gasteiger partial charge >= 0.3 is 5.97 Å². The fourth-order valence-electron chi connectivity index (χ4n) is 2.98. The van der Waals surface area contributed by atoms with Crippen LogP contribution >= 0.6 is 0 Å². The number of hydrogen-bond acceptors (Lipinski definition) is 3. The Labute approximate surface area is 101 Å². The third-order valence-corrected chi connectivity index (χ3v) is 3.95. The average Bonchev–Trinajstić information content (AvgIpc) is 2.77. The molecule has 2 aliphatic carbocycles. The van der Waals surface area contributed by atoms with Crippen molar-refractivity contribution < 1.29 is 19.4 Å². The van der Waals surface area contributed by atoms with Crippen molar-refractivity contribution in [3.63, 3.8) is 0 Å². The van der Waals surface area contributed by atoms with Crippen molar-refractivity contribution in [1.29, 1.82) is 0 Å². The number of carboxylic acids is 1. The fourth-order valence-corrected chi connectivity index (χ4v) is 2.98. The largest absolute Gasteiger partial charge is 0.481 e. The molecule has 3 atom stereocenters. The zero-order valence-corrected chi connectivity index (χ0v) is 10.0. The molecule has 2 aliphatic rings. The summed E-state index contributed by atoms with van der Waals surface area (Å²) in [6, 6.07) is 0. The second-order valence-corrected chi connectivity index (χ2v) is 4.99. The van der Waals surface area contributed by atoms with Crippen LogP contribution in [0.2, 0.25) is 0 Å². The molecule has 0 saturated heterocycles. The Bertz CT molecular complexity index is 308. The molecule has 96 valence electrons. The summed E-state index contributed by atoms with van der Waals surface area (Å²) < 4.78 is 5.01. The Morgan fingerprint density at radius 2 is 2.06 bits per heavy atom. The quantitative estimate of drug-likeness (QED) is 0.715. The predicted molar refractivity (Wildman–Crippen MR) is 60.4 cm³/mol. The van der Waals surface area contributed by atoms with E-state index in [4.69, 9.17) is 9.84 Å². The minimum Gasteiger partial charge on any atom is -0.481 e. The standard InChI is InChI=1S/C12H19NO4/c1-17-7(5-10(14)15)6-13-12(16)11-8-3-2-4-9(8)11/h7-9,11H,2-6H2,1H3,(H,13,16)(H,14,15). The van der Waals surface area contributed by atoms with Gasteiger partial charge in [-0.25, -0.2) is 0 Å². The summed E-state index contributed by atoms with van der Waals surface area (Å²) in [7, 11) is 1.46. The maximum atomic E-state index is 11.8. The van der Waals surface area contributed by atoms with Gasteiger partial charge in [0.05, 0.1) is 12.5 Å². The van der Waals surface area contributed by atoms with Gasteiger partial charge in [-0.2, -0.15) is 0 Å². The molecule has 0 aromatic heterocycles. The topological polar surface area (TPSA) is 75.6 Å². The molecular weight excluding hydrogens is 222 g/mol. The molecule has 0 radical (unpaired) electrons.